The lowest BCUT2D eigenvalue weighted by molar-refractivity contribution is -0.383. The summed E-state index contributed by atoms with van der Waals surface area (Å²) in [5.74, 6) is -0.630. The second-order valence-corrected chi connectivity index (χ2v) is 4.50. The zero-order valence-corrected chi connectivity index (χ0v) is 12.3. The first kappa shape index (κ1) is 16.0. The molecule has 0 bridgehead atoms. The molecular weight excluding hydrogens is 304 g/mol. The first-order valence-corrected chi connectivity index (χ1v) is 6.38. The van der Waals surface area contributed by atoms with Gasteiger partial charge in [0, 0.05) is 32.1 Å². The third kappa shape index (κ3) is 4.07. The van der Waals surface area contributed by atoms with Gasteiger partial charge in [-0.3, -0.25) is 36.2 Å². The number of anilines is 2. The lowest BCUT2D eigenvalue weighted by atomic mass is 10.3. The molecule has 11 nitrogen and oxygen atoms in total. The molecule has 0 saturated carbocycles. The lowest BCUT2D eigenvalue weighted by Crippen LogP contribution is -2.30. The molecule has 0 atom stereocenters. The third-order valence-electron chi connectivity index (χ3n) is 2.57. The molecule has 0 unspecified atom stereocenters. The average molecular weight is 318 g/mol. The number of nitrogens with zero attached hydrogens (tertiary/aromatic N) is 5. The molecule has 0 saturated heterocycles. The predicted molar refractivity (Wildman–Crippen MR) is 81.3 cm³/mol. The molecule has 2 rings (SSSR count). The molecule has 120 valence electrons. The minimum Gasteiger partial charge on any atom is -0.298 e. The van der Waals surface area contributed by atoms with Crippen LogP contribution in [0.15, 0.2) is 30.9 Å². The zero-order valence-electron chi connectivity index (χ0n) is 12.3. The van der Waals surface area contributed by atoms with Crippen LogP contribution in [0.3, 0.4) is 0 Å². The average Bonchev–Trinajstić information content (AvgIpc) is 2.52. The summed E-state index contributed by atoms with van der Waals surface area (Å²) in [4.78, 5) is 33.9. The molecule has 2 aromatic rings. The van der Waals surface area contributed by atoms with E-state index < -0.39 is 16.5 Å². The van der Waals surface area contributed by atoms with E-state index in [0.29, 0.717) is 5.56 Å². The molecule has 1 amide bonds. The number of hydrogen-bond donors (Lipinski definition) is 3. The highest BCUT2D eigenvalue weighted by Crippen LogP contribution is 2.28. The van der Waals surface area contributed by atoms with Crippen molar-refractivity contribution in [1.29, 1.82) is 0 Å². The van der Waals surface area contributed by atoms with E-state index >= 15 is 0 Å². The Hall–Kier alpha value is -3.34. The number of nitrogens with one attached hydrogen (secondary N) is 3. The number of hydrogen-bond acceptors (Lipinski definition) is 9. The summed E-state index contributed by atoms with van der Waals surface area (Å²) in [6, 6.07) is 3.01. The number of aromatic nitrogens is 3. The summed E-state index contributed by atoms with van der Waals surface area (Å²) < 4.78 is 0. The number of nitro groups is 1. The molecule has 0 aromatic carbocycles. The van der Waals surface area contributed by atoms with Crippen LogP contribution in [0.5, 0.6) is 0 Å². The van der Waals surface area contributed by atoms with Crippen LogP contribution in [0, 0.1) is 10.1 Å². The minimum absolute atomic E-state index is 0.00402. The summed E-state index contributed by atoms with van der Waals surface area (Å²) in [7, 11) is 3.31. The number of carbonyl (C=O) groups excluding carboxylic acids is 1. The first-order chi connectivity index (χ1) is 11.0. The van der Waals surface area contributed by atoms with E-state index in [4.69, 9.17) is 0 Å². The van der Waals surface area contributed by atoms with Crippen LogP contribution in [0.1, 0.15) is 10.4 Å². The number of amides is 1. The van der Waals surface area contributed by atoms with E-state index in [9.17, 15) is 14.9 Å². The van der Waals surface area contributed by atoms with Crippen molar-refractivity contribution in [2.45, 2.75) is 0 Å². The third-order valence-corrected chi connectivity index (χ3v) is 2.57. The molecule has 0 aliphatic rings. The molecule has 0 spiro atoms. The van der Waals surface area contributed by atoms with Crippen molar-refractivity contribution in [3.63, 3.8) is 0 Å². The second kappa shape index (κ2) is 7.09. The van der Waals surface area contributed by atoms with Crippen molar-refractivity contribution in [2.75, 3.05) is 24.9 Å². The number of rotatable bonds is 6. The quantitative estimate of drug-likeness (QED) is 0.511. The zero-order chi connectivity index (χ0) is 16.8. The smallest absolute Gasteiger partial charge is 0.298 e. The van der Waals surface area contributed by atoms with Crippen molar-refractivity contribution in [3.05, 3.63) is 46.5 Å². The van der Waals surface area contributed by atoms with E-state index in [1.54, 1.807) is 14.1 Å². The molecule has 2 heterocycles. The standard InChI is InChI=1S/C12H14N8O3/c1-19(2)18-11-9(20(22)23)10(14-7-15-11)16-17-12(21)8-3-5-13-6-4-8/h3-7H,1-2H3,(H,17,21)(H2,14,15,16,18). The SMILES string of the molecule is CN(C)Nc1ncnc(NNC(=O)c2ccncc2)c1[N+](=O)[O-]. The Balaban J connectivity index is 2.19. The summed E-state index contributed by atoms with van der Waals surface area (Å²) in [6.07, 6.45) is 4.06. The van der Waals surface area contributed by atoms with Crippen LogP contribution >= 0.6 is 0 Å². The normalized spacial score (nSPS) is 10.2. The van der Waals surface area contributed by atoms with Gasteiger partial charge in [-0.2, -0.15) is 0 Å². The van der Waals surface area contributed by atoms with E-state index in [1.165, 1.54) is 29.5 Å². The fraction of sp³-hybridized carbons (Fsp3) is 0.167. The Bertz CT molecular complexity index is 707. The van der Waals surface area contributed by atoms with Gasteiger partial charge in [0.2, 0.25) is 11.6 Å². The molecule has 0 aliphatic carbocycles. The number of hydrazine groups is 2. The van der Waals surface area contributed by atoms with Crippen LogP contribution < -0.4 is 16.3 Å². The van der Waals surface area contributed by atoms with Crippen molar-refractivity contribution in [3.8, 4) is 0 Å². The largest absolute Gasteiger partial charge is 0.356 e. The summed E-state index contributed by atoms with van der Waals surface area (Å²) in [5, 5.41) is 12.7. The van der Waals surface area contributed by atoms with Gasteiger partial charge in [-0.15, -0.1) is 0 Å². The second-order valence-electron chi connectivity index (χ2n) is 4.50. The molecule has 0 fully saturated rings. The van der Waals surface area contributed by atoms with Crippen molar-refractivity contribution < 1.29 is 9.72 Å². The molecule has 0 aliphatic heterocycles. The summed E-state index contributed by atoms with van der Waals surface area (Å²) >= 11 is 0. The van der Waals surface area contributed by atoms with Gasteiger partial charge < -0.3 is 0 Å². The van der Waals surface area contributed by atoms with Gasteiger partial charge in [-0.1, -0.05) is 0 Å². The molecule has 3 N–H and O–H groups in total. The Morgan fingerprint density at radius 3 is 2.48 bits per heavy atom. The predicted octanol–water partition coefficient (Wildman–Crippen LogP) is 0.425. The van der Waals surface area contributed by atoms with Gasteiger partial charge in [0.05, 0.1) is 4.92 Å². The van der Waals surface area contributed by atoms with Gasteiger partial charge in [-0.25, -0.2) is 15.0 Å². The van der Waals surface area contributed by atoms with Crippen molar-refractivity contribution in [1.82, 2.24) is 25.4 Å². The fourth-order valence-corrected chi connectivity index (χ4v) is 1.63. The fourth-order valence-electron chi connectivity index (χ4n) is 1.63. The van der Waals surface area contributed by atoms with Crippen molar-refractivity contribution in [2.24, 2.45) is 0 Å². The number of pyridine rings is 1. The molecular formula is C12H14N8O3. The monoisotopic (exact) mass is 318 g/mol. The summed E-state index contributed by atoms with van der Waals surface area (Å²) in [6.45, 7) is 0. The highest BCUT2D eigenvalue weighted by atomic mass is 16.6. The van der Waals surface area contributed by atoms with Crippen LogP contribution in [0.2, 0.25) is 0 Å². The Labute approximate surface area is 130 Å². The van der Waals surface area contributed by atoms with Gasteiger partial charge in [0.15, 0.2) is 0 Å². The lowest BCUT2D eigenvalue weighted by Gasteiger charge is -2.14. The molecule has 2 aromatic heterocycles. The maximum absolute atomic E-state index is 11.9. The van der Waals surface area contributed by atoms with E-state index in [0.717, 1.165) is 6.33 Å². The van der Waals surface area contributed by atoms with Gasteiger partial charge in [0.25, 0.3) is 5.91 Å². The Morgan fingerprint density at radius 2 is 1.87 bits per heavy atom. The minimum atomic E-state index is -0.646. The van der Waals surface area contributed by atoms with E-state index in [2.05, 4.69) is 31.2 Å². The molecule has 23 heavy (non-hydrogen) atoms. The van der Waals surface area contributed by atoms with E-state index in [1.807, 2.05) is 0 Å². The number of carbonyl (C=O) groups is 1. The highest BCUT2D eigenvalue weighted by molar-refractivity contribution is 5.94. The topological polar surface area (TPSA) is 138 Å². The Kier molecular flexibility index (Phi) is 4.94. The molecule has 11 heteroatoms. The maximum atomic E-state index is 11.9. The van der Waals surface area contributed by atoms with Gasteiger partial charge in [0.1, 0.15) is 6.33 Å². The van der Waals surface area contributed by atoms with Crippen LogP contribution in [0.4, 0.5) is 17.3 Å². The highest BCUT2D eigenvalue weighted by Gasteiger charge is 2.23. The van der Waals surface area contributed by atoms with Gasteiger partial charge >= 0.3 is 5.69 Å². The Morgan fingerprint density at radius 1 is 1.22 bits per heavy atom. The van der Waals surface area contributed by atoms with Crippen molar-refractivity contribution >= 4 is 23.2 Å². The first-order valence-electron chi connectivity index (χ1n) is 6.38. The van der Waals surface area contributed by atoms with Crippen LogP contribution in [0.25, 0.3) is 0 Å². The van der Waals surface area contributed by atoms with Crippen LogP contribution in [-0.4, -0.2) is 44.9 Å². The van der Waals surface area contributed by atoms with E-state index in [-0.39, 0.29) is 11.6 Å². The van der Waals surface area contributed by atoms with Crippen LogP contribution in [-0.2, 0) is 0 Å². The molecule has 0 radical (unpaired) electrons. The van der Waals surface area contributed by atoms with Gasteiger partial charge in [-0.05, 0) is 12.1 Å². The summed E-state index contributed by atoms with van der Waals surface area (Å²) in [5.41, 5.74) is 7.42. The maximum Gasteiger partial charge on any atom is 0.356 e.